The predicted octanol–water partition coefficient (Wildman–Crippen LogP) is 1.85. The second kappa shape index (κ2) is 5.68. The number of carbonyl (C=O) groups is 1. The van der Waals surface area contributed by atoms with Gasteiger partial charge in [0.15, 0.2) is 0 Å². The Labute approximate surface area is 122 Å². The number of nitrogens with one attached hydrogen (secondary N) is 3. The number of halogens is 2. The molecule has 1 aliphatic heterocycles. The van der Waals surface area contributed by atoms with Gasteiger partial charge in [-0.2, -0.15) is 0 Å². The molecule has 3 rings (SSSR count). The van der Waals surface area contributed by atoms with Crippen molar-refractivity contribution in [3.05, 3.63) is 34.6 Å². The lowest BCUT2D eigenvalue weighted by molar-refractivity contribution is 0.0910. The fraction of sp³-hybridized carbons (Fsp3) is 0.500. The number of fused-ring (bicyclic) bond motifs is 1. The number of hydrogen-bond acceptors (Lipinski definition) is 3. The Balaban J connectivity index is 1.72. The minimum absolute atomic E-state index is 0.0809. The van der Waals surface area contributed by atoms with E-state index in [9.17, 15) is 9.18 Å². The van der Waals surface area contributed by atoms with Crippen molar-refractivity contribution in [2.75, 3.05) is 6.54 Å². The summed E-state index contributed by atoms with van der Waals surface area (Å²) in [5, 5.41) is 3.16. The Hall–Kier alpha value is -1.17. The van der Waals surface area contributed by atoms with Gasteiger partial charge in [-0.15, -0.1) is 0 Å². The van der Waals surface area contributed by atoms with Gasteiger partial charge in [-0.25, -0.2) is 4.39 Å². The van der Waals surface area contributed by atoms with Gasteiger partial charge in [-0.3, -0.25) is 15.6 Å². The molecule has 1 aliphatic carbocycles. The Morgan fingerprint density at radius 3 is 3.05 bits per heavy atom. The van der Waals surface area contributed by atoms with E-state index in [2.05, 4.69) is 16.2 Å². The van der Waals surface area contributed by atoms with Crippen LogP contribution < -0.4 is 16.2 Å². The molecule has 0 aromatic heterocycles. The minimum atomic E-state index is -0.439. The van der Waals surface area contributed by atoms with E-state index in [1.54, 1.807) is 0 Å². The summed E-state index contributed by atoms with van der Waals surface area (Å²) < 4.78 is 13.0. The maximum atomic E-state index is 13.0. The molecule has 3 unspecified atom stereocenters. The molecule has 2 aliphatic rings. The zero-order valence-corrected chi connectivity index (χ0v) is 11.7. The average molecular weight is 298 g/mol. The van der Waals surface area contributed by atoms with Crippen LogP contribution in [0, 0.1) is 11.7 Å². The normalized spacial score (nSPS) is 29.0. The van der Waals surface area contributed by atoms with Crippen LogP contribution in [0.25, 0.3) is 0 Å². The lowest BCUT2D eigenvalue weighted by atomic mass is 9.82. The summed E-state index contributed by atoms with van der Waals surface area (Å²) in [6.07, 6.45) is 3.22. The zero-order valence-electron chi connectivity index (χ0n) is 11.0. The largest absolute Gasteiger partial charge is 0.348 e. The van der Waals surface area contributed by atoms with Gasteiger partial charge in [0.2, 0.25) is 0 Å². The molecule has 1 saturated heterocycles. The summed E-state index contributed by atoms with van der Waals surface area (Å²) in [6, 6.07) is 4.17. The van der Waals surface area contributed by atoms with Crippen LogP contribution in [0.4, 0.5) is 4.39 Å². The van der Waals surface area contributed by atoms with Gasteiger partial charge in [0.1, 0.15) is 5.82 Å². The van der Waals surface area contributed by atoms with Gasteiger partial charge >= 0.3 is 0 Å². The number of amides is 1. The van der Waals surface area contributed by atoms with E-state index in [0.29, 0.717) is 11.5 Å². The Kier molecular flexibility index (Phi) is 3.92. The van der Waals surface area contributed by atoms with Crippen LogP contribution in [-0.4, -0.2) is 24.5 Å². The summed E-state index contributed by atoms with van der Waals surface area (Å²) in [6.45, 7) is 0.939. The number of hydrogen-bond donors (Lipinski definition) is 3. The molecule has 3 atom stereocenters. The van der Waals surface area contributed by atoms with E-state index < -0.39 is 5.82 Å². The molecule has 1 aromatic rings. The molecule has 6 heteroatoms. The number of rotatable bonds is 2. The molecule has 2 fully saturated rings. The van der Waals surface area contributed by atoms with Crippen molar-refractivity contribution in [3.63, 3.8) is 0 Å². The van der Waals surface area contributed by atoms with E-state index >= 15 is 0 Å². The Bertz CT molecular complexity index is 525. The van der Waals surface area contributed by atoms with E-state index in [1.165, 1.54) is 18.6 Å². The van der Waals surface area contributed by atoms with Crippen molar-refractivity contribution < 1.29 is 9.18 Å². The monoisotopic (exact) mass is 297 g/mol. The van der Waals surface area contributed by atoms with Gasteiger partial charge in [0, 0.05) is 18.6 Å². The number of hydrazine groups is 1. The van der Waals surface area contributed by atoms with Crippen molar-refractivity contribution in [2.45, 2.75) is 31.3 Å². The summed E-state index contributed by atoms with van der Waals surface area (Å²) in [7, 11) is 0. The minimum Gasteiger partial charge on any atom is -0.348 e. The second-order valence-electron chi connectivity index (χ2n) is 5.45. The van der Waals surface area contributed by atoms with E-state index in [1.807, 2.05) is 0 Å². The molecular weight excluding hydrogens is 281 g/mol. The highest BCUT2D eigenvalue weighted by atomic mass is 35.5. The first-order chi connectivity index (χ1) is 9.65. The SMILES string of the molecule is O=C(NC1CCCC2CNNC21)c1ccc(F)cc1Cl. The van der Waals surface area contributed by atoms with Crippen molar-refractivity contribution in [2.24, 2.45) is 5.92 Å². The first-order valence-corrected chi connectivity index (χ1v) is 7.27. The van der Waals surface area contributed by atoms with E-state index in [-0.39, 0.29) is 23.0 Å². The molecule has 0 spiro atoms. The Morgan fingerprint density at radius 1 is 1.40 bits per heavy atom. The zero-order chi connectivity index (χ0) is 14.1. The van der Waals surface area contributed by atoms with Crippen LogP contribution in [0.15, 0.2) is 18.2 Å². The van der Waals surface area contributed by atoms with Gasteiger partial charge in [0.05, 0.1) is 10.6 Å². The van der Waals surface area contributed by atoms with Crippen molar-refractivity contribution in [1.29, 1.82) is 0 Å². The van der Waals surface area contributed by atoms with Crippen LogP contribution in [0.5, 0.6) is 0 Å². The molecule has 108 valence electrons. The molecule has 3 N–H and O–H groups in total. The van der Waals surface area contributed by atoms with E-state index in [4.69, 9.17) is 11.6 Å². The highest BCUT2D eigenvalue weighted by molar-refractivity contribution is 6.33. The topological polar surface area (TPSA) is 53.2 Å². The van der Waals surface area contributed by atoms with Crippen molar-refractivity contribution in [3.8, 4) is 0 Å². The maximum Gasteiger partial charge on any atom is 0.253 e. The van der Waals surface area contributed by atoms with Gasteiger partial charge < -0.3 is 5.32 Å². The molecule has 1 aromatic carbocycles. The smallest absolute Gasteiger partial charge is 0.253 e. The van der Waals surface area contributed by atoms with Crippen LogP contribution in [-0.2, 0) is 0 Å². The van der Waals surface area contributed by atoms with Crippen LogP contribution in [0.1, 0.15) is 29.6 Å². The fourth-order valence-corrected chi connectivity index (χ4v) is 3.38. The summed E-state index contributed by atoms with van der Waals surface area (Å²) >= 11 is 5.92. The summed E-state index contributed by atoms with van der Waals surface area (Å²) in [5.41, 5.74) is 6.70. The molecule has 1 saturated carbocycles. The lowest BCUT2D eigenvalue weighted by Crippen LogP contribution is -2.53. The number of benzene rings is 1. The molecule has 1 amide bonds. The first kappa shape index (κ1) is 13.8. The van der Waals surface area contributed by atoms with Gasteiger partial charge in [-0.05, 0) is 37.0 Å². The second-order valence-corrected chi connectivity index (χ2v) is 5.85. The molecule has 20 heavy (non-hydrogen) atoms. The summed E-state index contributed by atoms with van der Waals surface area (Å²) in [4.78, 5) is 12.3. The molecule has 1 heterocycles. The molecule has 0 radical (unpaired) electrons. The third-order valence-corrected chi connectivity index (χ3v) is 4.47. The molecular formula is C14H17ClFN3O. The van der Waals surface area contributed by atoms with Gasteiger partial charge in [-0.1, -0.05) is 18.0 Å². The van der Waals surface area contributed by atoms with Crippen LogP contribution >= 0.6 is 11.6 Å². The molecule has 0 bridgehead atoms. The summed E-state index contributed by atoms with van der Waals surface area (Å²) in [5.74, 6) is -0.127. The fourth-order valence-electron chi connectivity index (χ4n) is 3.12. The van der Waals surface area contributed by atoms with Crippen molar-refractivity contribution >= 4 is 17.5 Å². The first-order valence-electron chi connectivity index (χ1n) is 6.89. The van der Waals surface area contributed by atoms with E-state index in [0.717, 1.165) is 25.5 Å². The van der Waals surface area contributed by atoms with Crippen LogP contribution in [0.3, 0.4) is 0 Å². The Morgan fingerprint density at radius 2 is 2.25 bits per heavy atom. The number of carbonyl (C=O) groups excluding carboxylic acids is 1. The quantitative estimate of drug-likeness (QED) is 0.781. The maximum absolute atomic E-state index is 13.0. The van der Waals surface area contributed by atoms with Crippen molar-refractivity contribution in [1.82, 2.24) is 16.2 Å². The average Bonchev–Trinajstić information content (AvgIpc) is 2.87. The van der Waals surface area contributed by atoms with Gasteiger partial charge in [0.25, 0.3) is 5.91 Å². The highest BCUT2D eigenvalue weighted by Crippen LogP contribution is 2.27. The standard InChI is InChI=1S/C14H17ClFN3O/c15-11-6-9(16)4-5-10(11)14(20)18-12-3-1-2-8-7-17-19-13(8)12/h4-6,8,12-13,17,19H,1-3,7H2,(H,18,20). The predicted molar refractivity (Wildman–Crippen MR) is 74.9 cm³/mol. The lowest BCUT2D eigenvalue weighted by Gasteiger charge is -2.33. The third-order valence-electron chi connectivity index (χ3n) is 4.16. The highest BCUT2D eigenvalue weighted by Gasteiger charge is 2.37. The third kappa shape index (κ3) is 2.66. The molecule has 4 nitrogen and oxygen atoms in total. The van der Waals surface area contributed by atoms with Crippen LogP contribution in [0.2, 0.25) is 5.02 Å².